The highest BCUT2D eigenvalue weighted by atomic mass is 35.5. The Hall–Kier alpha value is -0.320. The van der Waals surface area contributed by atoms with Gasteiger partial charge in [-0.2, -0.15) is 0 Å². The Morgan fingerprint density at radius 2 is 1.89 bits per heavy atom. The van der Waals surface area contributed by atoms with Crippen molar-refractivity contribution in [3.8, 4) is 0 Å². The monoisotopic (exact) mass is 300 g/mol. The first-order chi connectivity index (χ1) is 9.13. The van der Waals surface area contributed by atoms with Crippen LogP contribution in [-0.4, -0.2) is 36.2 Å². The number of benzene rings is 1. The number of hydrogen-bond donors (Lipinski definition) is 1. The fourth-order valence-corrected chi connectivity index (χ4v) is 3.60. The lowest BCUT2D eigenvalue weighted by molar-refractivity contribution is -0.0819. The normalized spacial score (nSPS) is 31.4. The first kappa shape index (κ1) is 13.7. The van der Waals surface area contributed by atoms with Crippen LogP contribution in [0.1, 0.15) is 18.4 Å². The lowest BCUT2D eigenvalue weighted by Crippen LogP contribution is -2.59. The third kappa shape index (κ3) is 2.91. The summed E-state index contributed by atoms with van der Waals surface area (Å²) in [6.45, 7) is 2.40. The van der Waals surface area contributed by atoms with Gasteiger partial charge in [-0.25, -0.2) is 0 Å². The quantitative estimate of drug-likeness (QED) is 0.913. The molecule has 2 heterocycles. The largest absolute Gasteiger partial charge is 0.378 e. The third-order valence-electron chi connectivity index (χ3n) is 4.08. The lowest BCUT2D eigenvalue weighted by atomic mass is 9.90. The van der Waals surface area contributed by atoms with Crippen LogP contribution in [0.25, 0.3) is 0 Å². The number of morpholine rings is 1. The molecular formula is C14H18Cl2N2O. The van der Waals surface area contributed by atoms with Gasteiger partial charge in [-0.1, -0.05) is 29.3 Å². The van der Waals surface area contributed by atoms with Crippen molar-refractivity contribution >= 4 is 23.2 Å². The second-order valence-corrected chi connectivity index (χ2v) is 6.33. The smallest absolute Gasteiger partial charge is 0.0623 e. The average molecular weight is 301 g/mol. The van der Waals surface area contributed by atoms with Gasteiger partial charge in [0, 0.05) is 34.7 Å². The van der Waals surface area contributed by atoms with Crippen LogP contribution in [0.5, 0.6) is 0 Å². The van der Waals surface area contributed by atoms with Crippen molar-refractivity contribution in [2.75, 3.05) is 13.2 Å². The van der Waals surface area contributed by atoms with Gasteiger partial charge in [-0.15, -0.1) is 0 Å². The Bertz CT molecular complexity index is 455. The van der Waals surface area contributed by atoms with Crippen LogP contribution in [0.15, 0.2) is 18.2 Å². The minimum Gasteiger partial charge on any atom is -0.378 e. The third-order valence-corrected chi connectivity index (χ3v) is 4.66. The molecule has 1 aromatic rings. The number of hydrogen-bond acceptors (Lipinski definition) is 3. The zero-order valence-electron chi connectivity index (χ0n) is 10.7. The van der Waals surface area contributed by atoms with Crippen LogP contribution in [0.3, 0.4) is 0 Å². The van der Waals surface area contributed by atoms with Crippen molar-refractivity contribution in [3.05, 3.63) is 33.8 Å². The van der Waals surface area contributed by atoms with E-state index in [0.29, 0.717) is 23.1 Å². The van der Waals surface area contributed by atoms with Gasteiger partial charge < -0.3 is 10.5 Å². The molecule has 3 rings (SSSR count). The standard InChI is InChI=1S/C14H18Cl2N2O/c15-10-2-1-9(14(16)3-10)6-18-12-4-11(17)5-13(18)8-19-7-12/h1-3,11-13H,4-8,17H2. The number of ether oxygens (including phenoxy) is 1. The maximum Gasteiger partial charge on any atom is 0.0623 e. The topological polar surface area (TPSA) is 38.5 Å². The first-order valence-corrected chi connectivity index (χ1v) is 7.42. The number of halogens is 2. The zero-order valence-corrected chi connectivity index (χ0v) is 12.2. The van der Waals surface area contributed by atoms with Crippen molar-refractivity contribution < 1.29 is 4.74 Å². The maximum absolute atomic E-state index is 6.27. The minimum atomic E-state index is 0.302. The molecule has 2 fully saturated rings. The molecule has 0 saturated carbocycles. The summed E-state index contributed by atoms with van der Waals surface area (Å²) >= 11 is 12.2. The number of rotatable bonds is 2. The summed E-state index contributed by atoms with van der Waals surface area (Å²) in [6.07, 6.45) is 2.00. The molecule has 2 unspecified atom stereocenters. The molecule has 5 heteroatoms. The molecule has 0 amide bonds. The molecule has 19 heavy (non-hydrogen) atoms. The summed E-state index contributed by atoms with van der Waals surface area (Å²) in [5, 5.41) is 1.42. The molecule has 0 spiro atoms. The highest BCUT2D eigenvalue weighted by Crippen LogP contribution is 2.30. The molecule has 0 aromatic heterocycles. The fraction of sp³-hybridized carbons (Fsp3) is 0.571. The van der Waals surface area contributed by atoms with E-state index < -0.39 is 0 Å². The highest BCUT2D eigenvalue weighted by molar-refractivity contribution is 6.35. The van der Waals surface area contributed by atoms with Crippen molar-refractivity contribution in [1.29, 1.82) is 0 Å². The van der Waals surface area contributed by atoms with E-state index in [9.17, 15) is 0 Å². The molecule has 3 nitrogen and oxygen atoms in total. The second kappa shape index (κ2) is 5.58. The summed E-state index contributed by atoms with van der Waals surface area (Å²) in [7, 11) is 0. The van der Waals surface area contributed by atoms with Crippen LogP contribution in [0.4, 0.5) is 0 Å². The van der Waals surface area contributed by atoms with Gasteiger partial charge in [0.2, 0.25) is 0 Å². The van der Waals surface area contributed by atoms with Gasteiger partial charge in [0.25, 0.3) is 0 Å². The summed E-state index contributed by atoms with van der Waals surface area (Å²) in [4.78, 5) is 2.49. The molecule has 2 aliphatic rings. The molecular weight excluding hydrogens is 283 g/mol. The average Bonchev–Trinajstić information content (AvgIpc) is 2.33. The Morgan fingerprint density at radius 1 is 1.21 bits per heavy atom. The van der Waals surface area contributed by atoms with Crippen LogP contribution in [0, 0.1) is 0 Å². The van der Waals surface area contributed by atoms with E-state index in [2.05, 4.69) is 4.90 Å². The second-order valence-electron chi connectivity index (χ2n) is 5.48. The molecule has 2 atom stereocenters. The number of nitrogens with two attached hydrogens (primary N) is 1. The SMILES string of the molecule is NC1CC2COCC(C1)N2Cc1ccc(Cl)cc1Cl. The van der Waals surface area contributed by atoms with Crippen molar-refractivity contribution in [3.63, 3.8) is 0 Å². The predicted octanol–water partition coefficient (Wildman–Crippen LogP) is 2.68. The van der Waals surface area contributed by atoms with E-state index in [1.165, 1.54) is 0 Å². The summed E-state index contributed by atoms with van der Waals surface area (Å²) < 4.78 is 5.65. The number of nitrogens with zero attached hydrogens (tertiary/aromatic N) is 1. The summed E-state index contributed by atoms with van der Waals surface area (Å²) in [6, 6.07) is 6.83. The van der Waals surface area contributed by atoms with E-state index in [4.69, 9.17) is 33.7 Å². The summed E-state index contributed by atoms with van der Waals surface area (Å²) in [5.41, 5.74) is 7.23. The van der Waals surface area contributed by atoms with E-state index >= 15 is 0 Å². The Labute approximate surface area is 123 Å². The van der Waals surface area contributed by atoms with Crippen LogP contribution in [-0.2, 0) is 11.3 Å². The lowest BCUT2D eigenvalue weighted by Gasteiger charge is -2.47. The molecule has 2 aliphatic heterocycles. The van der Waals surface area contributed by atoms with Crippen molar-refractivity contribution in [2.24, 2.45) is 5.73 Å². The first-order valence-electron chi connectivity index (χ1n) is 6.66. The van der Waals surface area contributed by atoms with Gasteiger partial charge in [0.15, 0.2) is 0 Å². The molecule has 0 aliphatic carbocycles. The molecule has 104 valence electrons. The van der Waals surface area contributed by atoms with Gasteiger partial charge >= 0.3 is 0 Å². The van der Waals surface area contributed by atoms with Crippen molar-refractivity contribution in [2.45, 2.75) is 37.5 Å². The maximum atomic E-state index is 6.27. The minimum absolute atomic E-state index is 0.302. The molecule has 2 bridgehead atoms. The van der Waals surface area contributed by atoms with Gasteiger partial charge in [0.05, 0.1) is 13.2 Å². The van der Waals surface area contributed by atoms with Crippen LogP contribution in [0.2, 0.25) is 10.0 Å². The van der Waals surface area contributed by atoms with Gasteiger partial charge in [-0.05, 0) is 30.5 Å². The Balaban J connectivity index is 1.78. The molecule has 2 N–H and O–H groups in total. The van der Waals surface area contributed by atoms with Gasteiger partial charge in [0.1, 0.15) is 0 Å². The fourth-order valence-electron chi connectivity index (χ4n) is 3.14. The predicted molar refractivity (Wildman–Crippen MR) is 77.6 cm³/mol. The van der Waals surface area contributed by atoms with E-state index in [0.717, 1.165) is 43.2 Å². The Kier molecular flexibility index (Phi) is 4.01. The number of fused-ring (bicyclic) bond motifs is 2. The van der Waals surface area contributed by atoms with Crippen LogP contribution < -0.4 is 5.73 Å². The van der Waals surface area contributed by atoms with E-state index in [1.807, 2.05) is 12.1 Å². The van der Waals surface area contributed by atoms with Crippen LogP contribution >= 0.6 is 23.2 Å². The highest BCUT2D eigenvalue weighted by Gasteiger charge is 2.37. The Morgan fingerprint density at radius 3 is 2.53 bits per heavy atom. The molecule has 0 radical (unpaired) electrons. The van der Waals surface area contributed by atoms with Crippen molar-refractivity contribution in [1.82, 2.24) is 4.90 Å². The molecule has 2 saturated heterocycles. The summed E-state index contributed by atoms with van der Waals surface area (Å²) in [5.74, 6) is 0. The molecule has 1 aromatic carbocycles. The van der Waals surface area contributed by atoms with Gasteiger partial charge in [-0.3, -0.25) is 4.90 Å². The number of piperidine rings is 1. The zero-order chi connectivity index (χ0) is 13.4. The van der Waals surface area contributed by atoms with E-state index in [-0.39, 0.29) is 0 Å². The van der Waals surface area contributed by atoms with E-state index in [1.54, 1.807) is 6.07 Å².